The van der Waals surface area contributed by atoms with Crippen LogP contribution in [0.15, 0.2) is 0 Å². The van der Waals surface area contributed by atoms with Gasteiger partial charge in [0.25, 0.3) is 0 Å². The standard InChI is InChI=1S/Ca.Cs.3HI/h;;3*1H/q+2;+1;;;/p-3. The van der Waals surface area contributed by atoms with Crippen LogP contribution in [0, 0.1) is 0 Å². The Bertz CT molecular complexity index is 6.85. The molecule has 0 saturated heterocycles. The molecule has 0 N–H and O–H groups in total. The van der Waals surface area contributed by atoms with E-state index < -0.39 is 0 Å². The van der Waals surface area contributed by atoms with Crippen LogP contribution in [0.3, 0.4) is 0 Å². The van der Waals surface area contributed by atoms with Crippen LogP contribution in [0.2, 0.25) is 0 Å². The topological polar surface area (TPSA) is 0 Å². The zero-order valence-corrected chi connectivity index (χ0v) is 17.8. The van der Waals surface area contributed by atoms with Gasteiger partial charge in [0.15, 0.2) is 0 Å². The molecule has 0 aliphatic carbocycles. The van der Waals surface area contributed by atoms with Gasteiger partial charge in [0.1, 0.15) is 0 Å². The maximum Gasteiger partial charge on any atom is 2.00 e. The summed E-state index contributed by atoms with van der Waals surface area (Å²) in [5, 5.41) is 0. The van der Waals surface area contributed by atoms with Crippen LogP contribution in [-0.2, 0) is 0 Å². The summed E-state index contributed by atoms with van der Waals surface area (Å²) in [6, 6.07) is 0. The molecule has 0 saturated carbocycles. The molecule has 5 heavy (non-hydrogen) atoms. The van der Waals surface area contributed by atoms with Crippen molar-refractivity contribution < 1.29 is 141 Å². The second kappa shape index (κ2) is 22.7. The van der Waals surface area contributed by atoms with Gasteiger partial charge in [-0.3, -0.25) is 0 Å². The second-order valence-corrected chi connectivity index (χ2v) is 0. The van der Waals surface area contributed by atoms with Gasteiger partial charge < -0.3 is 71.9 Å². The largest absolute Gasteiger partial charge is 2.00 e. The van der Waals surface area contributed by atoms with Crippen LogP contribution < -0.4 is 141 Å². The van der Waals surface area contributed by atoms with E-state index in [-0.39, 0.29) is 179 Å². The summed E-state index contributed by atoms with van der Waals surface area (Å²) in [6.45, 7) is 0. The van der Waals surface area contributed by atoms with Crippen molar-refractivity contribution in [1.82, 2.24) is 0 Å². The Morgan fingerprint density at radius 2 is 0.600 bits per heavy atom. The Hall–Kier alpha value is 5.50. The van der Waals surface area contributed by atoms with Crippen molar-refractivity contribution in [3.8, 4) is 0 Å². The molecule has 0 fully saturated rings. The van der Waals surface area contributed by atoms with Gasteiger partial charge >= 0.3 is 107 Å². The first-order valence-corrected chi connectivity index (χ1v) is 0. The van der Waals surface area contributed by atoms with Crippen molar-refractivity contribution in [2.75, 3.05) is 0 Å². The quantitative estimate of drug-likeness (QED) is 0.207. The maximum atomic E-state index is 0. The molecule has 0 bridgehead atoms. The molecule has 0 aromatic carbocycles. The van der Waals surface area contributed by atoms with Gasteiger partial charge in [-0.05, 0) is 0 Å². The minimum Gasteiger partial charge on any atom is -1.00 e. The first-order valence-electron chi connectivity index (χ1n) is 0. The number of rotatable bonds is 0. The molecule has 0 aliphatic heterocycles. The van der Waals surface area contributed by atoms with E-state index in [2.05, 4.69) is 0 Å². The van der Waals surface area contributed by atoms with E-state index in [9.17, 15) is 0 Å². The third-order valence-corrected chi connectivity index (χ3v) is 0. The molecular weight excluding hydrogens is 554 g/mol. The smallest absolute Gasteiger partial charge is 1.00 e. The molecule has 0 unspecified atom stereocenters. The average Bonchev–Trinajstić information content (AvgIpc) is 0. The van der Waals surface area contributed by atoms with Crippen LogP contribution in [-0.4, -0.2) is 37.7 Å². The first kappa shape index (κ1) is 31.3. The van der Waals surface area contributed by atoms with Crippen LogP contribution in [0.25, 0.3) is 0 Å². The minimum atomic E-state index is 0. The van der Waals surface area contributed by atoms with Crippen LogP contribution in [0.1, 0.15) is 0 Å². The van der Waals surface area contributed by atoms with Crippen molar-refractivity contribution in [2.45, 2.75) is 0 Å². The molecule has 0 aliphatic rings. The van der Waals surface area contributed by atoms with E-state index in [1.165, 1.54) is 0 Å². The summed E-state index contributed by atoms with van der Waals surface area (Å²) in [7, 11) is 0. The summed E-state index contributed by atoms with van der Waals surface area (Å²) in [5.41, 5.74) is 0. The van der Waals surface area contributed by atoms with Crippen molar-refractivity contribution in [3.63, 3.8) is 0 Å². The van der Waals surface area contributed by atoms with Gasteiger partial charge in [-0.15, -0.1) is 0 Å². The number of hydrogen-bond acceptors (Lipinski definition) is 0. The van der Waals surface area contributed by atoms with Gasteiger partial charge in [-0.1, -0.05) is 0 Å². The Kier molecular flexibility index (Phi) is 142. The third kappa shape index (κ3) is 17.7. The van der Waals surface area contributed by atoms with Crippen LogP contribution >= 0.6 is 0 Å². The fourth-order valence-electron chi connectivity index (χ4n) is 0. The van der Waals surface area contributed by atoms with Crippen molar-refractivity contribution in [3.05, 3.63) is 0 Å². The molecule has 0 nitrogen and oxygen atoms in total. The fourth-order valence-corrected chi connectivity index (χ4v) is 0. The summed E-state index contributed by atoms with van der Waals surface area (Å²) >= 11 is 0. The van der Waals surface area contributed by atoms with Gasteiger partial charge in [0.05, 0.1) is 0 Å². The summed E-state index contributed by atoms with van der Waals surface area (Å²) < 4.78 is 0. The molecular formula is CaCsI3. The Morgan fingerprint density at radius 3 is 0.600 bits per heavy atom. The molecule has 0 amide bonds. The third-order valence-electron chi connectivity index (χ3n) is 0. The number of hydrogen-bond donors (Lipinski definition) is 0. The summed E-state index contributed by atoms with van der Waals surface area (Å²) in [6.07, 6.45) is 0. The molecule has 0 aromatic rings. The average molecular weight is 554 g/mol. The zero-order chi connectivity index (χ0) is 0. The first-order chi connectivity index (χ1) is 0. The Balaban J connectivity index is 0. The molecule has 0 radical (unpaired) electrons. The van der Waals surface area contributed by atoms with Crippen molar-refractivity contribution in [2.24, 2.45) is 0 Å². The molecule has 0 spiro atoms. The molecule has 0 aromatic heterocycles. The zero-order valence-electron chi connectivity index (χ0n) is 2.84. The van der Waals surface area contributed by atoms with Crippen molar-refractivity contribution in [1.29, 1.82) is 0 Å². The Labute approximate surface area is 172 Å². The molecule has 5 heteroatoms. The van der Waals surface area contributed by atoms with E-state index in [1.807, 2.05) is 0 Å². The predicted octanol–water partition coefficient (Wildman–Crippen LogP) is -12.4. The fraction of sp³-hybridized carbons (Fsp3) is 0. The van der Waals surface area contributed by atoms with E-state index in [0.29, 0.717) is 0 Å². The van der Waals surface area contributed by atoms with E-state index in [0.717, 1.165) is 0 Å². The summed E-state index contributed by atoms with van der Waals surface area (Å²) in [5.74, 6) is 0. The van der Waals surface area contributed by atoms with Crippen LogP contribution in [0.4, 0.5) is 0 Å². The second-order valence-electron chi connectivity index (χ2n) is 0. The Morgan fingerprint density at radius 1 is 0.600 bits per heavy atom. The SMILES string of the molecule is [Ca+2].[Cs+].[I-].[I-].[I-]. The molecule has 0 heterocycles. The van der Waals surface area contributed by atoms with E-state index >= 15 is 0 Å². The van der Waals surface area contributed by atoms with Gasteiger partial charge in [-0.2, -0.15) is 0 Å². The normalized spacial score (nSPS) is 0. The monoisotopic (exact) mass is 554 g/mol. The van der Waals surface area contributed by atoms with Crippen LogP contribution in [0.5, 0.6) is 0 Å². The maximum absolute atomic E-state index is 0. The van der Waals surface area contributed by atoms with Gasteiger partial charge in [-0.25, -0.2) is 0 Å². The molecule has 24 valence electrons. The van der Waals surface area contributed by atoms with E-state index in [4.69, 9.17) is 0 Å². The molecule has 0 rings (SSSR count). The van der Waals surface area contributed by atoms with Gasteiger partial charge in [0.2, 0.25) is 0 Å². The number of halogens is 3. The van der Waals surface area contributed by atoms with E-state index in [1.54, 1.807) is 0 Å². The summed E-state index contributed by atoms with van der Waals surface area (Å²) in [4.78, 5) is 0. The minimum absolute atomic E-state index is 0. The van der Waals surface area contributed by atoms with Gasteiger partial charge in [0, 0.05) is 0 Å². The van der Waals surface area contributed by atoms with Crippen molar-refractivity contribution >= 4 is 37.7 Å². The molecule has 0 atom stereocenters. The predicted molar refractivity (Wildman–Crippen MR) is 5.75 cm³/mol.